The zero-order valence-electron chi connectivity index (χ0n) is 7.91. The number of thiophene rings is 1. The average Bonchev–Trinajstić information content (AvgIpc) is 2.65. The van der Waals surface area contributed by atoms with E-state index in [0.717, 1.165) is 18.7 Å². The van der Waals surface area contributed by atoms with Crippen LogP contribution in [0, 0.1) is 0 Å². The minimum absolute atomic E-state index is 0.0940. The lowest BCUT2D eigenvalue weighted by molar-refractivity contribution is 0.0797. The zero-order chi connectivity index (χ0) is 9.68. The van der Waals surface area contributed by atoms with E-state index in [4.69, 9.17) is 0 Å². The lowest BCUT2D eigenvalue weighted by atomic mass is 10.3. The van der Waals surface area contributed by atoms with Crippen LogP contribution in [-0.2, 0) is 0 Å². The second-order valence-electron chi connectivity index (χ2n) is 2.84. The van der Waals surface area contributed by atoms with Gasteiger partial charge in [-0.2, -0.15) is 11.3 Å². The molecule has 0 atom stereocenters. The Kier molecular flexibility index (Phi) is 3.92. The highest BCUT2D eigenvalue weighted by atomic mass is 32.1. The lowest BCUT2D eigenvalue weighted by Gasteiger charge is -2.15. The summed E-state index contributed by atoms with van der Waals surface area (Å²) < 4.78 is 0. The molecule has 3 nitrogen and oxygen atoms in total. The Bertz CT molecular complexity index is 259. The summed E-state index contributed by atoms with van der Waals surface area (Å²) in [6, 6.07) is 1.85. The molecule has 1 heterocycles. The molecule has 0 saturated heterocycles. The molecule has 0 aliphatic carbocycles. The molecule has 0 unspecified atom stereocenters. The fourth-order valence-electron chi connectivity index (χ4n) is 0.988. The van der Waals surface area contributed by atoms with Crippen molar-refractivity contribution in [2.45, 2.75) is 0 Å². The quantitative estimate of drug-likeness (QED) is 0.784. The summed E-state index contributed by atoms with van der Waals surface area (Å²) >= 11 is 1.55. The van der Waals surface area contributed by atoms with Gasteiger partial charge in [-0.25, -0.2) is 0 Å². The first-order valence-electron chi connectivity index (χ1n) is 4.18. The number of likely N-dealkylation sites (N-methyl/N-ethyl adjacent to an activating group) is 2. The van der Waals surface area contributed by atoms with Gasteiger partial charge in [0.05, 0.1) is 5.56 Å². The molecule has 1 amide bonds. The first kappa shape index (κ1) is 10.2. The number of hydrogen-bond donors (Lipinski definition) is 1. The number of nitrogens with one attached hydrogen (secondary N) is 1. The van der Waals surface area contributed by atoms with Gasteiger partial charge in [0.1, 0.15) is 0 Å². The average molecular weight is 198 g/mol. The predicted octanol–water partition coefficient (Wildman–Crippen LogP) is 1.04. The maximum Gasteiger partial charge on any atom is 0.254 e. The van der Waals surface area contributed by atoms with Gasteiger partial charge in [0.25, 0.3) is 5.91 Å². The first-order valence-corrected chi connectivity index (χ1v) is 5.12. The Hall–Kier alpha value is -0.870. The van der Waals surface area contributed by atoms with E-state index in [9.17, 15) is 4.79 Å². The van der Waals surface area contributed by atoms with E-state index < -0.39 is 0 Å². The van der Waals surface area contributed by atoms with Crippen LogP contribution in [0.15, 0.2) is 16.8 Å². The molecule has 13 heavy (non-hydrogen) atoms. The molecule has 1 aromatic rings. The Morgan fingerprint density at radius 3 is 3.00 bits per heavy atom. The summed E-state index contributed by atoms with van der Waals surface area (Å²) in [7, 11) is 3.69. The van der Waals surface area contributed by atoms with E-state index in [-0.39, 0.29) is 5.91 Å². The third kappa shape index (κ3) is 2.82. The van der Waals surface area contributed by atoms with Crippen LogP contribution >= 0.6 is 11.3 Å². The molecule has 0 aliphatic rings. The first-order chi connectivity index (χ1) is 6.25. The third-order valence-electron chi connectivity index (χ3n) is 1.81. The molecule has 0 radical (unpaired) electrons. The fourth-order valence-corrected chi connectivity index (χ4v) is 1.62. The molecule has 0 saturated carbocycles. The number of rotatable bonds is 4. The van der Waals surface area contributed by atoms with Crippen molar-refractivity contribution in [3.8, 4) is 0 Å². The number of carbonyl (C=O) groups is 1. The van der Waals surface area contributed by atoms with Crippen molar-refractivity contribution in [3.63, 3.8) is 0 Å². The Morgan fingerprint density at radius 1 is 1.69 bits per heavy atom. The Balaban J connectivity index is 2.48. The number of hydrogen-bond acceptors (Lipinski definition) is 3. The minimum Gasteiger partial charge on any atom is -0.340 e. The highest BCUT2D eigenvalue weighted by Crippen LogP contribution is 2.07. The van der Waals surface area contributed by atoms with Crippen molar-refractivity contribution in [1.82, 2.24) is 10.2 Å². The van der Waals surface area contributed by atoms with Crippen molar-refractivity contribution in [3.05, 3.63) is 22.4 Å². The van der Waals surface area contributed by atoms with Gasteiger partial charge >= 0.3 is 0 Å². The van der Waals surface area contributed by atoms with E-state index in [2.05, 4.69) is 5.32 Å². The van der Waals surface area contributed by atoms with Crippen molar-refractivity contribution in [1.29, 1.82) is 0 Å². The van der Waals surface area contributed by atoms with Crippen LogP contribution in [0.2, 0.25) is 0 Å². The summed E-state index contributed by atoms with van der Waals surface area (Å²) in [6.45, 7) is 1.57. The van der Waals surface area contributed by atoms with Gasteiger partial charge in [0.15, 0.2) is 0 Å². The predicted molar refractivity (Wildman–Crippen MR) is 55.2 cm³/mol. The molecule has 0 spiro atoms. The van der Waals surface area contributed by atoms with Crippen LogP contribution in [0.1, 0.15) is 10.4 Å². The van der Waals surface area contributed by atoms with Crippen molar-refractivity contribution >= 4 is 17.2 Å². The molecule has 0 aromatic carbocycles. The molecule has 1 N–H and O–H groups in total. The van der Waals surface area contributed by atoms with Gasteiger partial charge in [0, 0.05) is 25.5 Å². The normalized spacial score (nSPS) is 10.0. The van der Waals surface area contributed by atoms with Crippen molar-refractivity contribution in [2.24, 2.45) is 0 Å². The van der Waals surface area contributed by atoms with Crippen LogP contribution in [-0.4, -0.2) is 38.0 Å². The Labute approximate surface area is 82.4 Å². The largest absolute Gasteiger partial charge is 0.340 e. The van der Waals surface area contributed by atoms with Crippen LogP contribution in [0.25, 0.3) is 0 Å². The number of nitrogens with zero attached hydrogens (tertiary/aromatic N) is 1. The molecule has 1 rings (SSSR count). The maximum atomic E-state index is 11.6. The van der Waals surface area contributed by atoms with Gasteiger partial charge < -0.3 is 10.2 Å². The number of carbonyl (C=O) groups excluding carboxylic acids is 1. The summed E-state index contributed by atoms with van der Waals surface area (Å²) in [4.78, 5) is 13.3. The topological polar surface area (TPSA) is 32.3 Å². The smallest absolute Gasteiger partial charge is 0.254 e. The molecule has 0 aliphatic heterocycles. The third-order valence-corrected chi connectivity index (χ3v) is 2.50. The molecular formula is C9H14N2OS. The van der Waals surface area contributed by atoms with E-state index in [0.29, 0.717) is 0 Å². The highest BCUT2D eigenvalue weighted by molar-refractivity contribution is 7.08. The molecule has 0 fully saturated rings. The van der Waals surface area contributed by atoms with Crippen molar-refractivity contribution in [2.75, 3.05) is 27.2 Å². The molecule has 4 heteroatoms. The van der Waals surface area contributed by atoms with E-state index in [1.165, 1.54) is 0 Å². The van der Waals surface area contributed by atoms with Gasteiger partial charge in [0.2, 0.25) is 0 Å². The standard InChI is InChI=1S/C9H14N2OS/c1-10-4-5-11(2)9(12)8-3-6-13-7-8/h3,6-7,10H,4-5H2,1-2H3. The van der Waals surface area contributed by atoms with Gasteiger partial charge in [-0.3, -0.25) is 4.79 Å². The van der Waals surface area contributed by atoms with Crippen molar-refractivity contribution < 1.29 is 4.79 Å². The summed E-state index contributed by atoms with van der Waals surface area (Å²) in [5.74, 6) is 0.0940. The minimum atomic E-state index is 0.0940. The van der Waals surface area contributed by atoms with Gasteiger partial charge in [-0.15, -0.1) is 0 Å². The molecular weight excluding hydrogens is 184 g/mol. The van der Waals surface area contributed by atoms with Gasteiger partial charge in [-0.1, -0.05) is 0 Å². The van der Waals surface area contributed by atoms with E-state index in [1.807, 2.05) is 30.9 Å². The summed E-state index contributed by atoms with van der Waals surface area (Å²) in [5.41, 5.74) is 0.781. The van der Waals surface area contributed by atoms with Crippen LogP contribution < -0.4 is 5.32 Å². The highest BCUT2D eigenvalue weighted by Gasteiger charge is 2.10. The van der Waals surface area contributed by atoms with Crippen LogP contribution in [0.5, 0.6) is 0 Å². The molecule has 72 valence electrons. The molecule has 0 bridgehead atoms. The summed E-state index contributed by atoms with van der Waals surface area (Å²) in [5, 5.41) is 6.80. The zero-order valence-corrected chi connectivity index (χ0v) is 8.73. The van der Waals surface area contributed by atoms with E-state index >= 15 is 0 Å². The van der Waals surface area contributed by atoms with Gasteiger partial charge in [-0.05, 0) is 18.5 Å². The fraction of sp³-hybridized carbons (Fsp3) is 0.444. The Morgan fingerprint density at radius 2 is 2.46 bits per heavy atom. The summed E-state index contributed by atoms with van der Waals surface area (Å²) in [6.07, 6.45) is 0. The SMILES string of the molecule is CNCCN(C)C(=O)c1ccsc1. The van der Waals surface area contributed by atoms with Crippen LogP contribution in [0.4, 0.5) is 0 Å². The molecule has 1 aromatic heterocycles. The number of amides is 1. The lowest BCUT2D eigenvalue weighted by Crippen LogP contribution is -2.32. The van der Waals surface area contributed by atoms with Crippen LogP contribution in [0.3, 0.4) is 0 Å². The maximum absolute atomic E-state index is 11.6. The monoisotopic (exact) mass is 198 g/mol. The second kappa shape index (κ2) is 4.99. The van der Waals surface area contributed by atoms with E-state index in [1.54, 1.807) is 16.2 Å². The second-order valence-corrected chi connectivity index (χ2v) is 3.62.